The molecule has 5 rings (SSSR count). The van der Waals surface area contributed by atoms with Crippen molar-refractivity contribution in [2.45, 2.75) is 51.1 Å². The Hall–Kier alpha value is -2.30. The molecule has 146 valence electrons. The van der Waals surface area contributed by atoms with E-state index in [1.165, 1.54) is 17.5 Å². The lowest BCUT2D eigenvalue weighted by Gasteiger charge is -2.24. The van der Waals surface area contributed by atoms with Gasteiger partial charge in [0.05, 0.1) is 5.56 Å². The van der Waals surface area contributed by atoms with Gasteiger partial charge in [-0.2, -0.15) is 0 Å². The molecule has 5 heteroatoms. The molecular formula is C23H24ClNO3. The molecule has 0 fully saturated rings. The maximum absolute atomic E-state index is 12.4. The number of phenolic OH excluding ortho intramolecular Hbond substituents is 1. The van der Waals surface area contributed by atoms with Crippen LogP contribution in [0, 0.1) is 0 Å². The van der Waals surface area contributed by atoms with Crippen LogP contribution in [-0.4, -0.2) is 5.11 Å². The molecular weight excluding hydrogens is 374 g/mol. The molecule has 0 saturated carbocycles. The van der Waals surface area contributed by atoms with E-state index in [0.717, 1.165) is 54.2 Å². The summed E-state index contributed by atoms with van der Waals surface area (Å²) < 4.78 is 5.69. The van der Waals surface area contributed by atoms with Gasteiger partial charge in [-0.05, 0) is 55.4 Å². The summed E-state index contributed by atoms with van der Waals surface area (Å²) >= 11 is 0. The zero-order valence-electron chi connectivity index (χ0n) is 15.7. The van der Waals surface area contributed by atoms with Gasteiger partial charge < -0.3 is 27.2 Å². The number of hydrogen-bond donors (Lipinski definition) is 2. The molecule has 3 aromatic rings. The molecule has 0 radical (unpaired) electrons. The monoisotopic (exact) mass is 397 g/mol. The third-order valence-electron chi connectivity index (χ3n) is 6.24. The third kappa shape index (κ3) is 3.11. The van der Waals surface area contributed by atoms with E-state index in [9.17, 15) is 9.90 Å². The fourth-order valence-corrected chi connectivity index (χ4v) is 4.89. The van der Waals surface area contributed by atoms with Crippen LogP contribution in [0.2, 0.25) is 0 Å². The quantitative estimate of drug-likeness (QED) is 0.617. The van der Waals surface area contributed by atoms with Crippen molar-refractivity contribution in [3.8, 4) is 5.75 Å². The van der Waals surface area contributed by atoms with Gasteiger partial charge >= 0.3 is 5.63 Å². The average Bonchev–Trinajstić information content (AvgIpc) is 3.18. The first-order chi connectivity index (χ1) is 13.2. The summed E-state index contributed by atoms with van der Waals surface area (Å²) in [6.07, 6.45) is 6.17. The van der Waals surface area contributed by atoms with E-state index in [2.05, 4.69) is 29.6 Å². The number of fused-ring (bicyclic) bond motifs is 4. The van der Waals surface area contributed by atoms with Gasteiger partial charge in [0.15, 0.2) is 5.58 Å². The molecule has 0 spiro atoms. The molecule has 4 nitrogen and oxygen atoms in total. The highest BCUT2D eigenvalue weighted by Gasteiger charge is 2.25. The van der Waals surface area contributed by atoms with Gasteiger partial charge in [0, 0.05) is 22.9 Å². The Balaban J connectivity index is 0.00000192. The topological polar surface area (TPSA) is 67.0 Å². The fraction of sp³-hybridized carbons (Fsp3) is 0.348. The van der Waals surface area contributed by atoms with Gasteiger partial charge in [0.1, 0.15) is 18.3 Å². The molecule has 2 aromatic carbocycles. The van der Waals surface area contributed by atoms with E-state index in [1.54, 1.807) is 6.07 Å². The summed E-state index contributed by atoms with van der Waals surface area (Å²) in [7, 11) is 0. The van der Waals surface area contributed by atoms with Crippen molar-refractivity contribution < 1.29 is 27.2 Å². The van der Waals surface area contributed by atoms with E-state index < -0.39 is 0 Å². The normalized spacial score (nSPS) is 17.8. The van der Waals surface area contributed by atoms with Crippen LogP contribution in [0.3, 0.4) is 0 Å². The summed E-state index contributed by atoms with van der Waals surface area (Å²) in [6, 6.07) is 12.7. The number of rotatable bonds is 3. The van der Waals surface area contributed by atoms with Gasteiger partial charge in [0.2, 0.25) is 0 Å². The Kier molecular flexibility index (Phi) is 5.17. The minimum absolute atomic E-state index is 0. The van der Waals surface area contributed by atoms with Gasteiger partial charge in [-0.1, -0.05) is 24.3 Å². The first kappa shape index (κ1) is 19.0. The van der Waals surface area contributed by atoms with Crippen LogP contribution in [-0.2, 0) is 25.8 Å². The molecule has 2 aliphatic carbocycles. The Labute approximate surface area is 170 Å². The van der Waals surface area contributed by atoms with Crippen molar-refractivity contribution in [1.29, 1.82) is 0 Å². The average molecular weight is 398 g/mol. The third-order valence-corrected chi connectivity index (χ3v) is 6.24. The number of halogens is 1. The van der Waals surface area contributed by atoms with Crippen molar-refractivity contribution in [2.75, 3.05) is 0 Å². The van der Waals surface area contributed by atoms with Crippen molar-refractivity contribution >= 4 is 11.0 Å². The van der Waals surface area contributed by atoms with Crippen LogP contribution in [0.4, 0.5) is 0 Å². The summed E-state index contributed by atoms with van der Waals surface area (Å²) in [5, 5.41) is 13.8. The summed E-state index contributed by atoms with van der Waals surface area (Å²) in [6.45, 7) is 0.601. The summed E-state index contributed by atoms with van der Waals surface area (Å²) in [5.41, 5.74) is 5.84. The molecule has 1 aromatic heterocycles. The van der Waals surface area contributed by atoms with Crippen LogP contribution in [0.25, 0.3) is 11.0 Å². The first-order valence-electron chi connectivity index (χ1n) is 9.93. The van der Waals surface area contributed by atoms with E-state index in [-0.39, 0.29) is 23.8 Å². The number of phenols is 1. The minimum atomic E-state index is -0.232. The lowest BCUT2D eigenvalue weighted by molar-refractivity contribution is -0.712. The predicted molar refractivity (Wildman–Crippen MR) is 104 cm³/mol. The highest BCUT2D eigenvalue weighted by atomic mass is 35.5. The van der Waals surface area contributed by atoms with Crippen LogP contribution in [0.1, 0.15) is 53.1 Å². The summed E-state index contributed by atoms with van der Waals surface area (Å²) in [4.78, 5) is 12.4. The zero-order chi connectivity index (χ0) is 18.4. The second-order valence-electron chi connectivity index (χ2n) is 7.78. The molecule has 0 aliphatic heterocycles. The van der Waals surface area contributed by atoms with Crippen molar-refractivity contribution in [1.82, 2.24) is 0 Å². The molecule has 1 heterocycles. The van der Waals surface area contributed by atoms with E-state index in [1.807, 2.05) is 6.07 Å². The highest BCUT2D eigenvalue weighted by molar-refractivity contribution is 5.86. The van der Waals surface area contributed by atoms with Crippen molar-refractivity contribution in [2.24, 2.45) is 0 Å². The molecule has 0 amide bonds. The Morgan fingerprint density at radius 1 is 1.04 bits per heavy atom. The largest absolute Gasteiger partial charge is 1.00 e. The number of quaternary nitrogens is 1. The second-order valence-corrected chi connectivity index (χ2v) is 7.78. The molecule has 0 saturated heterocycles. The number of hydrogen-bond acceptors (Lipinski definition) is 3. The lowest BCUT2D eigenvalue weighted by atomic mass is 9.87. The van der Waals surface area contributed by atoms with Gasteiger partial charge in [-0.25, -0.2) is 4.79 Å². The van der Waals surface area contributed by atoms with Crippen molar-refractivity contribution in [3.05, 3.63) is 74.6 Å². The second kappa shape index (κ2) is 7.61. The van der Waals surface area contributed by atoms with Gasteiger partial charge in [0.25, 0.3) is 0 Å². The number of aromatic hydroxyl groups is 1. The predicted octanol–water partition coefficient (Wildman–Crippen LogP) is 0.132. The van der Waals surface area contributed by atoms with Crippen LogP contribution >= 0.6 is 0 Å². The van der Waals surface area contributed by atoms with E-state index in [4.69, 9.17) is 4.42 Å². The minimum Gasteiger partial charge on any atom is -1.00 e. The molecule has 3 N–H and O–H groups in total. The van der Waals surface area contributed by atoms with E-state index >= 15 is 0 Å². The Bertz CT molecular complexity index is 1090. The first-order valence-corrected chi connectivity index (χ1v) is 9.93. The molecule has 0 bridgehead atoms. The maximum Gasteiger partial charge on any atom is 0.339 e. The lowest BCUT2D eigenvalue weighted by Crippen LogP contribution is -3.00. The molecule has 2 aliphatic rings. The fourth-order valence-electron chi connectivity index (χ4n) is 4.89. The SMILES string of the molecule is O=c1oc2c(C[NH2+]C3CCCc4ccccc43)c(O)ccc2c2c1CCC2.[Cl-]. The smallest absolute Gasteiger partial charge is 0.339 e. The number of aryl methyl sites for hydroxylation is 2. The van der Waals surface area contributed by atoms with E-state index in [0.29, 0.717) is 18.2 Å². The van der Waals surface area contributed by atoms with Crippen LogP contribution < -0.4 is 23.3 Å². The number of nitrogens with two attached hydrogens (primary N) is 1. The van der Waals surface area contributed by atoms with Gasteiger partial charge in [-0.3, -0.25) is 0 Å². The Morgan fingerprint density at radius 3 is 2.75 bits per heavy atom. The summed E-state index contributed by atoms with van der Waals surface area (Å²) in [5.74, 6) is 0.212. The van der Waals surface area contributed by atoms with Crippen LogP contribution in [0.15, 0.2) is 45.6 Å². The highest BCUT2D eigenvalue weighted by Crippen LogP contribution is 2.33. The van der Waals surface area contributed by atoms with Crippen LogP contribution in [0.5, 0.6) is 5.75 Å². The molecule has 28 heavy (non-hydrogen) atoms. The zero-order valence-corrected chi connectivity index (χ0v) is 16.5. The van der Waals surface area contributed by atoms with Crippen molar-refractivity contribution in [3.63, 3.8) is 0 Å². The number of benzene rings is 2. The van der Waals surface area contributed by atoms with Gasteiger partial charge in [-0.15, -0.1) is 0 Å². The maximum atomic E-state index is 12.4. The standard InChI is InChI=1S/C23H23NO3.ClH/c25-21-12-11-17-16-8-4-9-18(16)23(26)27-22(17)19(21)13-24-20-10-3-6-14-5-1-2-7-15(14)20;/h1-2,5,7,11-12,20,24-25H,3-4,6,8-10,13H2;1H. The molecule has 1 unspecified atom stereocenters. The molecule has 1 atom stereocenters. The Morgan fingerprint density at radius 2 is 1.86 bits per heavy atom.